The van der Waals surface area contributed by atoms with Crippen molar-refractivity contribution in [3.63, 3.8) is 0 Å². The van der Waals surface area contributed by atoms with Crippen molar-refractivity contribution < 1.29 is 4.74 Å². The van der Waals surface area contributed by atoms with E-state index in [1.54, 1.807) is 0 Å². The smallest absolute Gasteiger partial charge is 0.128 e. The van der Waals surface area contributed by atoms with Gasteiger partial charge in [0, 0.05) is 21.3 Å². The van der Waals surface area contributed by atoms with Gasteiger partial charge in [-0.2, -0.15) is 0 Å². The number of rotatable bonds is 5. The van der Waals surface area contributed by atoms with Crippen LogP contribution in [0.25, 0.3) is 0 Å². The van der Waals surface area contributed by atoms with E-state index in [1.807, 2.05) is 48.7 Å². The molecule has 3 rings (SSSR count). The van der Waals surface area contributed by atoms with Gasteiger partial charge in [0.2, 0.25) is 0 Å². The van der Waals surface area contributed by atoms with Gasteiger partial charge in [0.05, 0.1) is 5.69 Å². The van der Waals surface area contributed by atoms with Crippen molar-refractivity contribution >= 4 is 39.4 Å². The number of hydrogen-bond donors (Lipinski definition) is 0. The zero-order valence-corrected chi connectivity index (χ0v) is 17.0. The summed E-state index contributed by atoms with van der Waals surface area (Å²) in [6.45, 7) is 4.58. The fraction of sp³-hybridized carbons (Fsp3) is 0.136. The summed E-state index contributed by atoms with van der Waals surface area (Å²) in [4.78, 5) is 4.66. The maximum Gasteiger partial charge on any atom is 0.128 e. The fourth-order valence-electron chi connectivity index (χ4n) is 2.54. The van der Waals surface area contributed by atoms with E-state index in [9.17, 15) is 0 Å². The molecule has 0 aliphatic heterocycles. The number of aryl methyl sites for hydroxylation is 2. The second kappa shape index (κ2) is 8.52. The Balaban J connectivity index is 1.83. The van der Waals surface area contributed by atoms with Gasteiger partial charge in [0.15, 0.2) is 0 Å². The Morgan fingerprint density at radius 2 is 1.88 bits per heavy atom. The third-order valence-corrected chi connectivity index (χ3v) is 4.69. The van der Waals surface area contributed by atoms with Gasteiger partial charge < -0.3 is 4.74 Å². The lowest BCUT2D eigenvalue weighted by Gasteiger charge is -2.10. The van der Waals surface area contributed by atoms with Gasteiger partial charge in [0.1, 0.15) is 12.4 Å². The van der Waals surface area contributed by atoms with E-state index in [-0.39, 0.29) is 0 Å². The standard InChI is InChI=1S/C22H19BrClNO/c1-15-6-7-16(2)21(10-15)25-13-18-12-19(23)8-9-22(18)26-14-17-4-3-5-20(24)11-17/h3-13H,14H2,1-2H3. The first kappa shape index (κ1) is 18.7. The van der Waals surface area contributed by atoms with Crippen molar-refractivity contribution in [2.45, 2.75) is 20.5 Å². The van der Waals surface area contributed by atoms with E-state index in [2.05, 4.69) is 53.0 Å². The quantitative estimate of drug-likeness (QED) is 0.399. The molecular formula is C22H19BrClNO. The highest BCUT2D eigenvalue weighted by Crippen LogP contribution is 2.25. The minimum atomic E-state index is 0.451. The molecule has 3 aromatic carbocycles. The number of halogens is 2. The molecule has 0 amide bonds. The van der Waals surface area contributed by atoms with Crippen LogP contribution in [0.5, 0.6) is 5.75 Å². The van der Waals surface area contributed by atoms with Crippen molar-refractivity contribution in [2.24, 2.45) is 4.99 Å². The van der Waals surface area contributed by atoms with Crippen LogP contribution in [0.15, 0.2) is 70.1 Å². The molecule has 0 aliphatic rings. The van der Waals surface area contributed by atoms with Gasteiger partial charge in [-0.15, -0.1) is 0 Å². The number of ether oxygens (including phenoxy) is 1. The maximum absolute atomic E-state index is 6.04. The molecular weight excluding hydrogens is 410 g/mol. The van der Waals surface area contributed by atoms with Gasteiger partial charge in [0.25, 0.3) is 0 Å². The van der Waals surface area contributed by atoms with Gasteiger partial charge in [-0.3, -0.25) is 4.99 Å². The van der Waals surface area contributed by atoms with Crippen LogP contribution in [0.4, 0.5) is 5.69 Å². The maximum atomic E-state index is 6.04. The lowest BCUT2D eigenvalue weighted by molar-refractivity contribution is 0.306. The van der Waals surface area contributed by atoms with E-state index in [1.165, 1.54) is 5.56 Å². The molecule has 0 unspecified atom stereocenters. The SMILES string of the molecule is Cc1ccc(C)c(N=Cc2cc(Br)ccc2OCc2cccc(Cl)c2)c1. The molecule has 26 heavy (non-hydrogen) atoms. The van der Waals surface area contributed by atoms with Crippen molar-refractivity contribution in [3.8, 4) is 5.75 Å². The van der Waals surface area contributed by atoms with Crippen LogP contribution < -0.4 is 4.74 Å². The number of nitrogens with zero attached hydrogens (tertiary/aromatic N) is 1. The van der Waals surface area contributed by atoms with Crippen LogP contribution in [0.1, 0.15) is 22.3 Å². The molecule has 0 atom stereocenters. The Labute approximate surface area is 167 Å². The van der Waals surface area contributed by atoms with Crippen LogP contribution in [-0.2, 0) is 6.61 Å². The summed E-state index contributed by atoms with van der Waals surface area (Å²) >= 11 is 9.56. The van der Waals surface area contributed by atoms with Crippen LogP contribution in [0, 0.1) is 13.8 Å². The molecule has 2 nitrogen and oxygen atoms in total. The molecule has 0 fully saturated rings. The molecule has 0 N–H and O–H groups in total. The molecule has 0 aliphatic carbocycles. The first-order valence-corrected chi connectivity index (χ1v) is 9.46. The topological polar surface area (TPSA) is 21.6 Å². The summed E-state index contributed by atoms with van der Waals surface area (Å²) in [5, 5.41) is 0.707. The average molecular weight is 429 g/mol. The van der Waals surface area contributed by atoms with Crippen molar-refractivity contribution in [1.29, 1.82) is 0 Å². The lowest BCUT2D eigenvalue weighted by Crippen LogP contribution is -1.98. The van der Waals surface area contributed by atoms with E-state index < -0.39 is 0 Å². The Morgan fingerprint density at radius 1 is 1.04 bits per heavy atom. The molecule has 3 aromatic rings. The molecule has 0 heterocycles. The van der Waals surface area contributed by atoms with Gasteiger partial charge >= 0.3 is 0 Å². The second-order valence-corrected chi connectivity index (χ2v) is 7.50. The summed E-state index contributed by atoms with van der Waals surface area (Å²) in [7, 11) is 0. The summed E-state index contributed by atoms with van der Waals surface area (Å²) in [6, 6.07) is 19.8. The average Bonchev–Trinajstić information content (AvgIpc) is 2.62. The van der Waals surface area contributed by atoms with Crippen molar-refractivity contribution in [2.75, 3.05) is 0 Å². The highest BCUT2D eigenvalue weighted by Gasteiger charge is 2.05. The van der Waals surface area contributed by atoms with Gasteiger partial charge in [-0.25, -0.2) is 0 Å². The van der Waals surface area contributed by atoms with E-state index >= 15 is 0 Å². The lowest BCUT2D eigenvalue weighted by atomic mass is 10.1. The number of benzene rings is 3. The molecule has 0 saturated heterocycles. The Kier molecular flexibility index (Phi) is 6.12. The third kappa shape index (κ3) is 4.96. The molecule has 132 valence electrons. The predicted molar refractivity (Wildman–Crippen MR) is 113 cm³/mol. The highest BCUT2D eigenvalue weighted by atomic mass is 79.9. The molecule has 4 heteroatoms. The van der Waals surface area contributed by atoms with Crippen molar-refractivity contribution in [1.82, 2.24) is 0 Å². The molecule has 0 bridgehead atoms. The number of aliphatic imine (C=N–C) groups is 1. The van der Waals surface area contributed by atoms with Crippen LogP contribution in [0.3, 0.4) is 0 Å². The second-order valence-electron chi connectivity index (χ2n) is 6.15. The fourth-order valence-corrected chi connectivity index (χ4v) is 3.13. The van der Waals surface area contributed by atoms with E-state index in [4.69, 9.17) is 16.3 Å². The van der Waals surface area contributed by atoms with E-state index in [0.29, 0.717) is 11.6 Å². The largest absolute Gasteiger partial charge is 0.488 e. The minimum Gasteiger partial charge on any atom is -0.488 e. The molecule has 0 saturated carbocycles. The first-order chi connectivity index (χ1) is 12.5. The van der Waals surface area contributed by atoms with Crippen LogP contribution in [0.2, 0.25) is 5.02 Å². The zero-order chi connectivity index (χ0) is 18.5. The Morgan fingerprint density at radius 3 is 2.69 bits per heavy atom. The Bertz CT molecular complexity index is 953. The van der Waals surface area contributed by atoms with Gasteiger partial charge in [-0.1, -0.05) is 51.8 Å². The third-order valence-electron chi connectivity index (χ3n) is 3.96. The zero-order valence-electron chi connectivity index (χ0n) is 14.7. The minimum absolute atomic E-state index is 0.451. The summed E-state index contributed by atoms with van der Waals surface area (Å²) < 4.78 is 6.99. The van der Waals surface area contributed by atoms with E-state index in [0.717, 1.165) is 32.6 Å². The number of hydrogen-bond acceptors (Lipinski definition) is 2. The van der Waals surface area contributed by atoms with Crippen LogP contribution in [-0.4, -0.2) is 6.21 Å². The summed E-state index contributed by atoms with van der Waals surface area (Å²) in [5.74, 6) is 0.780. The molecule has 0 spiro atoms. The predicted octanol–water partition coefficient (Wildman–Crippen LogP) is 7.05. The Hall–Kier alpha value is -2.10. The summed E-state index contributed by atoms with van der Waals surface area (Å²) in [6.07, 6.45) is 1.85. The highest BCUT2D eigenvalue weighted by molar-refractivity contribution is 9.10. The summed E-state index contributed by atoms with van der Waals surface area (Å²) in [5.41, 5.74) is 5.24. The van der Waals surface area contributed by atoms with Gasteiger partial charge in [-0.05, 0) is 66.9 Å². The van der Waals surface area contributed by atoms with Crippen LogP contribution >= 0.6 is 27.5 Å². The molecule has 0 aromatic heterocycles. The normalized spacial score (nSPS) is 11.1. The monoisotopic (exact) mass is 427 g/mol. The molecule has 0 radical (unpaired) electrons. The first-order valence-electron chi connectivity index (χ1n) is 8.29. The van der Waals surface area contributed by atoms with Crippen molar-refractivity contribution in [3.05, 3.63) is 92.4 Å².